The Labute approximate surface area is 119 Å². The van der Waals surface area contributed by atoms with Gasteiger partial charge in [0.05, 0.1) is 19.8 Å². The molecule has 0 aliphatic carbocycles. The number of aliphatic hydroxyl groups is 2. The number of likely N-dealkylation sites (N-methyl/N-ethyl adjacent to an activating group) is 1. The van der Waals surface area contributed by atoms with Crippen molar-refractivity contribution in [3.63, 3.8) is 0 Å². The van der Waals surface area contributed by atoms with Crippen molar-refractivity contribution in [1.29, 1.82) is 0 Å². The predicted octanol–water partition coefficient (Wildman–Crippen LogP) is 1.19. The van der Waals surface area contributed by atoms with Crippen molar-refractivity contribution in [3.8, 4) is 11.5 Å². The molecule has 1 aromatic carbocycles. The summed E-state index contributed by atoms with van der Waals surface area (Å²) in [6.45, 7) is 4.42. The SMILES string of the molecule is COc1ccc2c(c1)C(O)C(N(C)CCO)C(C)(C)O2. The van der Waals surface area contributed by atoms with Crippen LogP contribution in [0.25, 0.3) is 0 Å². The summed E-state index contributed by atoms with van der Waals surface area (Å²) in [5, 5.41) is 19.8. The molecule has 112 valence electrons. The minimum atomic E-state index is -0.694. The van der Waals surface area contributed by atoms with Crippen LogP contribution in [0.5, 0.6) is 11.5 Å². The van der Waals surface area contributed by atoms with Gasteiger partial charge in [0.1, 0.15) is 23.2 Å². The molecule has 1 heterocycles. The van der Waals surface area contributed by atoms with Gasteiger partial charge < -0.3 is 19.7 Å². The molecule has 2 N–H and O–H groups in total. The van der Waals surface area contributed by atoms with E-state index in [1.165, 1.54) is 0 Å². The van der Waals surface area contributed by atoms with E-state index in [0.717, 1.165) is 5.56 Å². The molecule has 2 atom stereocenters. The molecule has 20 heavy (non-hydrogen) atoms. The lowest BCUT2D eigenvalue weighted by Crippen LogP contribution is -2.57. The molecule has 0 aromatic heterocycles. The summed E-state index contributed by atoms with van der Waals surface area (Å²) in [7, 11) is 3.47. The van der Waals surface area contributed by atoms with Crippen LogP contribution < -0.4 is 9.47 Å². The largest absolute Gasteiger partial charge is 0.497 e. The Morgan fingerprint density at radius 3 is 2.70 bits per heavy atom. The van der Waals surface area contributed by atoms with Gasteiger partial charge in [0.25, 0.3) is 0 Å². The minimum Gasteiger partial charge on any atom is -0.497 e. The molecule has 1 aromatic rings. The van der Waals surface area contributed by atoms with Gasteiger partial charge in [-0.3, -0.25) is 4.90 Å². The first-order chi connectivity index (χ1) is 9.40. The van der Waals surface area contributed by atoms with E-state index in [0.29, 0.717) is 18.0 Å². The smallest absolute Gasteiger partial charge is 0.126 e. The minimum absolute atomic E-state index is 0.0424. The van der Waals surface area contributed by atoms with Gasteiger partial charge in [0, 0.05) is 12.1 Å². The quantitative estimate of drug-likeness (QED) is 0.868. The third-order valence-corrected chi connectivity index (χ3v) is 3.85. The number of rotatable bonds is 4. The Hall–Kier alpha value is -1.30. The van der Waals surface area contributed by atoms with E-state index in [1.54, 1.807) is 13.2 Å². The van der Waals surface area contributed by atoms with E-state index >= 15 is 0 Å². The highest BCUT2D eigenvalue weighted by Gasteiger charge is 2.45. The Kier molecular flexibility index (Phi) is 4.22. The molecule has 0 saturated carbocycles. The number of fused-ring (bicyclic) bond motifs is 1. The highest BCUT2D eigenvalue weighted by Crippen LogP contribution is 2.43. The van der Waals surface area contributed by atoms with Crippen molar-refractivity contribution in [2.45, 2.75) is 31.6 Å². The number of aliphatic hydroxyl groups excluding tert-OH is 2. The zero-order chi connectivity index (χ0) is 14.9. The van der Waals surface area contributed by atoms with Gasteiger partial charge in [-0.25, -0.2) is 0 Å². The lowest BCUT2D eigenvalue weighted by atomic mass is 9.85. The van der Waals surface area contributed by atoms with Crippen LogP contribution in [-0.4, -0.2) is 54.1 Å². The molecule has 2 unspecified atom stereocenters. The van der Waals surface area contributed by atoms with Crippen LogP contribution in [0.4, 0.5) is 0 Å². The Balaban J connectivity index is 2.40. The molecule has 0 spiro atoms. The standard InChI is InChI=1S/C15H23NO4/c1-15(2)14(16(3)7-8-17)13(18)11-9-10(19-4)5-6-12(11)20-15/h5-6,9,13-14,17-18H,7-8H2,1-4H3. The molecule has 1 aliphatic heterocycles. The third-order valence-electron chi connectivity index (χ3n) is 3.85. The number of methoxy groups -OCH3 is 1. The van der Waals surface area contributed by atoms with E-state index in [2.05, 4.69) is 0 Å². The maximum Gasteiger partial charge on any atom is 0.126 e. The van der Waals surface area contributed by atoms with Crippen molar-refractivity contribution in [2.75, 3.05) is 27.3 Å². The van der Waals surface area contributed by atoms with Crippen LogP contribution in [-0.2, 0) is 0 Å². The fourth-order valence-corrected chi connectivity index (χ4v) is 2.94. The number of ether oxygens (including phenoxy) is 2. The van der Waals surface area contributed by atoms with Crippen molar-refractivity contribution >= 4 is 0 Å². The normalized spacial score (nSPS) is 24.1. The molecule has 1 aliphatic rings. The lowest BCUT2D eigenvalue weighted by molar-refractivity contribution is -0.0773. The monoisotopic (exact) mass is 281 g/mol. The molecule has 0 fully saturated rings. The summed E-state index contributed by atoms with van der Waals surface area (Å²) in [6.07, 6.45) is -0.694. The second kappa shape index (κ2) is 5.60. The number of hydrogen-bond donors (Lipinski definition) is 2. The summed E-state index contributed by atoms with van der Waals surface area (Å²) >= 11 is 0. The van der Waals surface area contributed by atoms with Gasteiger partial charge in [-0.15, -0.1) is 0 Å². The Morgan fingerprint density at radius 1 is 1.40 bits per heavy atom. The molecule has 0 bridgehead atoms. The van der Waals surface area contributed by atoms with Gasteiger partial charge in [0.2, 0.25) is 0 Å². The van der Waals surface area contributed by atoms with E-state index < -0.39 is 11.7 Å². The van der Waals surface area contributed by atoms with Crippen LogP contribution in [0.3, 0.4) is 0 Å². The summed E-state index contributed by atoms with van der Waals surface area (Å²) in [5.41, 5.74) is 0.170. The average molecular weight is 281 g/mol. The zero-order valence-corrected chi connectivity index (χ0v) is 12.5. The molecular formula is C15H23NO4. The van der Waals surface area contributed by atoms with E-state index in [4.69, 9.17) is 14.6 Å². The zero-order valence-electron chi connectivity index (χ0n) is 12.5. The highest BCUT2D eigenvalue weighted by molar-refractivity contribution is 5.44. The lowest BCUT2D eigenvalue weighted by Gasteiger charge is -2.46. The predicted molar refractivity (Wildman–Crippen MR) is 76.2 cm³/mol. The van der Waals surface area contributed by atoms with Crippen molar-refractivity contribution in [1.82, 2.24) is 4.90 Å². The highest BCUT2D eigenvalue weighted by atomic mass is 16.5. The molecule has 5 nitrogen and oxygen atoms in total. The van der Waals surface area contributed by atoms with E-state index in [9.17, 15) is 5.11 Å². The maximum absolute atomic E-state index is 10.7. The first-order valence-corrected chi connectivity index (χ1v) is 6.77. The van der Waals surface area contributed by atoms with E-state index in [-0.39, 0.29) is 12.6 Å². The van der Waals surface area contributed by atoms with Gasteiger partial charge in [-0.1, -0.05) is 0 Å². The van der Waals surface area contributed by atoms with Crippen LogP contribution in [0.15, 0.2) is 18.2 Å². The van der Waals surface area contributed by atoms with Crippen LogP contribution in [0, 0.1) is 0 Å². The van der Waals surface area contributed by atoms with Crippen molar-refractivity contribution in [3.05, 3.63) is 23.8 Å². The summed E-state index contributed by atoms with van der Waals surface area (Å²) in [4.78, 5) is 1.92. The first kappa shape index (κ1) is 15.1. The second-order valence-electron chi connectivity index (χ2n) is 5.70. The topological polar surface area (TPSA) is 62.2 Å². The Morgan fingerprint density at radius 2 is 2.10 bits per heavy atom. The molecule has 0 amide bonds. The summed E-state index contributed by atoms with van der Waals surface area (Å²) < 4.78 is 11.2. The third kappa shape index (κ3) is 2.61. The number of nitrogens with zero attached hydrogens (tertiary/aromatic N) is 1. The molecular weight excluding hydrogens is 258 g/mol. The van der Waals surface area contributed by atoms with Crippen LogP contribution in [0.2, 0.25) is 0 Å². The average Bonchev–Trinajstić information content (AvgIpc) is 2.37. The van der Waals surface area contributed by atoms with Crippen molar-refractivity contribution < 1.29 is 19.7 Å². The van der Waals surface area contributed by atoms with Gasteiger partial charge in [-0.05, 0) is 39.1 Å². The molecule has 5 heteroatoms. The van der Waals surface area contributed by atoms with Gasteiger partial charge in [-0.2, -0.15) is 0 Å². The van der Waals surface area contributed by atoms with Crippen LogP contribution in [0.1, 0.15) is 25.5 Å². The fraction of sp³-hybridized carbons (Fsp3) is 0.600. The number of benzene rings is 1. The van der Waals surface area contributed by atoms with Gasteiger partial charge >= 0.3 is 0 Å². The van der Waals surface area contributed by atoms with E-state index in [1.807, 2.05) is 37.9 Å². The first-order valence-electron chi connectivity index (χ1n) is 6.77. The molecule has 0 saturated heterocycles. The molecule has 2 rings (SSSR count). The molecule has 0 radical (unpaired) electrons. The fourth-order valence-electron chi connectivity index (χ4n) is 2.94. The summed E-state index contributed by atoms with van der Waals surface area (Å²) in [6, 6.07) is 5.20. The Bertz CT molecular complexity index is 475. The second-order valence-corrected chi connectivity index (χ2v) is 5.70. The van der Waals surface area contributed by atoms with Crippen LogP contribution >= 0.6 is 0 Å². The summed E-state index contributed by atoms with van der Waals surface area (Å²) in [5.74, 6) is 1.37. The van der Waals surface area contributed by atoms with Crippen molar-refractivity contribution in [2.24, 2.45) is 0 Å². The van der Waals surface area contributed by atoms with Gasteiger partial charge in [0.15, 0.2) is 0 Å². The maximum atomic E-state index is 10.7. The number of hydrogen-bond acceptors (Lipinski definition) is 5.